The van der Waals surface area contributed by atoms with Crippen molar-refractivity contribution in [1.29, 1.82) is 0 Å². The lowest BCUT2D eigenvalue weighted by Crippen LogP contribution is -2.18. The Kier molecular flexibility index (Phi) is 3.23. The van der Waals surface area contributed by atoms with E-state index in [2.05, 4.69) is 0 Å². The van der Waals surface area contributed by atoms with Crippen LogP contribution in [0.5, 0.6) is 11.5 Å². The van der Waals surface area contributed by atoms with E-state index in [0.717, 1.165) is 0 Å². The molecule has 0 fully saturated rings. The van der Waals surface area contributed by atoms with Gasteiger partial charge in [-0.15, -0.1) is 0 Å². The van der Waals surface area contributed by atoms with Crippen molar-refractivity contribution in [3.63, 3.8) is 0 Å². The summed E-state index contributed by atoms with van der Waals surface area (Å²) in [5.41, 5.74) is 0.800. The van der Waals surface area contributed by atoms with Crippen LogP contribution in [-0.2, 0) is 0 Å². The second-order valence-corrected chi connectivity index (χ2v) is 4.74. The van der Waals surface area contributed by atoms with Crippen molar-refractivity contribution in [1.82, 2.24) is 4.57 Å². The van der Waals surface area contributed by atoms with Gasteiger partial charge in [0.05, 0.1) is 18.2 Å². The maximum absolute atomic E-state index is 12.1. The predicted molar refractivity (Wildman–Crippen MR) is 80.9 cm³/mol. The fraction of sp³-hybridized carbons (Fsp3) is 0.0667. The van der Waals surface area contributed by atoms with Gasteiger partial charge in [-0.05, 0) is 36.4 Å². The number of phenolic OH excluding ortho intramolecular Hbond substituents is 1. The maximum atomic E-state index is 12.1. The van der Waals surface area contributed by atoms with Gasteiger partial charge in [-0.2, -0.15) is 0 Å². The summed E-state index contributed by atoms with van der Waals surface area (Å²) in [6.45, 7) is 0. The number of aromatic nitrogens is 1. The quantitative estimate of drug-likeness (QED) is 0.737. The molecular weight excluding hydrogens is 290 g/mol. The van der Waals surface area contributed by atoms with E-state index in [-0.39, 0.29) is 16.0 Å². The third-order valence-electron chi connectivity index (χ3n) is 3.13. The van der Waals surface area contributed by atoms with E-state index in [1.165, 1.54) is 10.6 Å². The number of rotatable bonds is 2. The van der Waals surface area contributed by atoms with Crippen LogP contribution in [0, 0.1) is 4.64 Å². The van der Waals surface area contributed by atoms with Crippen LogP contribution in [0.25, 0.3) is 16.7 Å². The van der Waals surface area contributed by atoms with Crippen molar-refractivity contribution in [2.45, 2.75) is 0 Å². The van der Waals surface area contributed by atoms with E-state index in [1.54, 1.807) is 43.5 Å². The number of phenols is 1. The molecule has 3 rings (SSSR count). The standard InChI is InChI=1S/C15H11NO4S/c1-19-10-7-5-9(6-8-10)16-14(21)13-11(17)3-2-4-12(13)20-15(16)18/h2-8,17H,1H3. The van der Waals surface area contributed by atoms with Crippen LogP contribution < -0.4 is 10.5 Å². The van der Waals surface area contributed by atoms with Crippen molar-refractivity contribution in [2.24, 2.45) is 0 Å². The Morgan fingerprint density at radius 3 is 2.57 bits per heavy atom. The van der Waals surface area contributed by atoms with Crippen LogP contribution in [-0.4, -0.2) is 16.8 Å². The summed E-state index contributed by atoms with van der Waals surface area (Å²) in [6.07, 6.45) is 0. The highest BCUT2D eigenvalue weighted by molar-refractivity contribution is 7.71. The molecule has 1 aromatic heterocycles. The fourth-order valence-corrected chi connectivity index (χ4v) is 2.49. The largest absolute Gasteiger partial charge is 0.507 e. The number of hydrogen-bond donors (Lipinski definition) is 1. The van der Waals surface area contributed by atoms with Crippen molar-refractivity contribution in [3.05, 3.63) is 57.7 Å². The predicted octanol–water partition coefficient (Wildman–Crippen LogP) is 3.03. The Morgan fingerprint density at radius 2 is 1.90 bits per heavy atom. The lowest BCUT2D eigenvalue weighted by molar-refractivity contribution is 0.414. The van der Waals surface area contributed by atoms with Gasteiger partial charge in [0.1, 0.15) is 21.7 Å². The molecule has 0 aliphatic rings. The molecule has 106 valence electrons. The Bertz CT molecular complexity index is 925. The summed E-state index contributed by atoms with van der Waals surface area (Å²) in [4.78, 5) is 12.1. The number of nitrogens with zero attached hydrogens (tertiary/aromatic N) is 1. The van der Waals surface area contributed by atoms with E-state index >= 15 is 0 Å². The molecule has 0 radical (unpaired) electrons. The number of benzene rings is 2. The zero-order chi connectivity index (χ0) is 15.0. The normalized spacial score (nSPS) is 10.7. The first-order chi connectivity index (χ1) is 10.1. The summed E-state index contributed by atoms with van der Waals surface area (Å²) >= 11 is 5.32. The molecule has 0 unspecified atom stereocenters. The van der Waals surface area contributed by atoms with Gasteiger partial charge in [0.2, 0.25) is 0 Å². The molecule has 0 amide bonds. The van der Waals surface area contributed by atoms with Gasteiger partial charge in [-0.3, -0.25) is 0 Å². The van der Waals surface area contributed by atoms with E-state index in [1.807, 2.05) is 0 Å². The lowest BCUT2D eigenvalue weighted by atomic mass is 10.2. The molecule has 0 saturated carbocycles. The molecule has 1 heterocycles. The van der Waals surface area contributed by atoms with E-state index < -0.39 is 5.76 Å². The maximum Gasteiger partial charge on any atom is 0.425 e. The van der Waals surface area contributed by atoms with Crippen LogP contribution in [0.3, 0.4) is 0 Å². The second kappa shape index (κ2) is 5.06. The van der Waals surface area contributed by atoms with Gasteiger partial charge in [0.15, 0.2) is 0 Å². The average molecular weight is 301 g/mol. The second-order valence-electron chi connectivity index (χ2n) is 4.36. The minimum absolute atomic E-state index is 0.0245. The minimum Gasteiger partial charge on any atom is -0.507 e. The zero-order valence-corrected chi connectivity index (χ0v) is 11.9. The molecule has 5 nitrogen and oxygen atoms in total. The molecular formula is C15H11NO4S. The molecule has 0 aliphatic heterocycles. The third-order valence-corrected chi connectivity index (χ3v) is 3.52. The van der Waals surface area contributed by atoms with Gasteiger partial charge in [-0.25, -0.2) is 9.36 Å². The summed E-state index contributed by atoms with van der Waals surface area (Å²) in [6, 6.07) is 11.5. The molecule has 2 aromatic carbocycles. The van der Waals surface area contributed by atoms with E-state index in [9.17, 15) is 9.90 Å². The van der Waals surface area contributed by atoms with Gasteiger partial charge >= 0.3 is 5.76 Å². The molecule has 0 saturated heterocycles. The first-order valence-corrected chi connectivity index (χ1v) is 6.55. The van der Waals surface area contributed by atoms with Crippen molar-refractivity contribution in [3.8, 4) is 17.2 Å². The van der Waals surface area contributed by atoms with Crippen LogP contribution in [0.1, 0.15) is 0 Å². The zero-order valence-electron chi connectivity index (χ0n) is 11.1. The molecule has 21 heavy (non-hydrogen) atoms. The smallest absolute Gasteiger partial charge is 0.425 e. The first kappa shape index (κ1) is 13.4. The molecule has 1 N–H and O–H groups in total. The van der Waals surface area contributed by atoms with Crippen LogP contribution in [0.4, 0.5) is 0 Å². The molecule has 0 aliphatic carbocycles. The van der Waals surface area contributed by atoms with Crippen LogP contribution in [0.2, 0.25) is 0 Å². The number of ether oxygens (including phenoxy) is 1. The third kappa shape index (κ3) is 2.19. The van der Waals surface area contributed by atoms with Gasteiger partial charge in [-0.1, -0.05) is 18.3 Å². The summed E-state index contributed by atoms with van der Waals surface area (Å²) < 4.78 is 11.7. The van der Waals surface area contributed by atoms with Gasteiger partial charge in [0.25, 0.3) is 0 Å². The molecule has 6 heteroatoms. The van der Waals surface area contributed by atoms with Crippen LogP contribution in [0.15, 0.2) is 51.7 Å². The molecule has 0 atom stereocenters. The summed E-state index contributed by atoms with van der Waals surface area (Å²) in [5.74, 6) is 0.0325. The highest BCUT2D eigenvalue weighted by atomic mass is 32.1. The first-order valence-electron chi connectivity index (χ1n) is 6.14. The Morgan fingerprint density at radius 1 is 1.19 bits per heavy atom. The van der Waals surface area contributed by atoms with Gasteiger partial charge in [0, 0.05) is 0 Å². The molecule has 0 bridgehead atoms. The van der Waals surface area contributed by atoms with E-state index in [4.69, 9.17) is 21.4 Å². The van der Waals surface area contributed by atoms with Crippen molar-refractivity contribution < 1.29 is 14.3 Å². The number of methoxy groups -OCH3 is 1. The molecule has 0 spiro atoms. The summed E-state index contributed by atoms with van der Waals surface area (Å²) in [7, 11) is 1.56. The van der Waals surface area contributed by atoms with Crippen molar-refractivity contribution in [2.75, 3.05) is 7.11 Å². The number of hydrogen-bond acceptors (Lipinski definition) is 5. The fourth-order valence-electron chi connectivity index (χ4n) is 2.11. The SMILES string of the molecule is COc1ccc(-n2c(=O)oc3cccc(O)c3c2=S)cc1. The van der Waals surface area contributed by atoms with E-state index in [0.29, 0.717) is 16.8 Å². The number of aromatic hydroxyl groups is 1. The summed E-state index contributed by atoms with van der Waals surface area (Å²) in [5, 5.41) is 10.3. The Labute approximate surface area is 124 Å². The van der Waals surface area contributed by atoms with Crippen LogP contribution >= 0.6 is 12.2 Å². The Hall–Kier alpha value is -2.60. The topological polar surface area (TPSA) is 64.6 Å². The number of fused-ring (bicyclic) bond motifs is 1. The van der Waals surface area contributed by atoms with Gasteiger partial charge < -0.3 is 14.3 Å². The average Bonchev–Trinajstić information content (AvgIpc) is 2.47. The highest BCUT2D eigenvalue weighted by Gasteiger charge is 2.11. The minimum atomic E-state index is -0.608. The monoisotopic (exact) mass is 301 g/mol. The lowest BCUT2D eigenvalue weighted by Gasteiger charge is -2.08. The van der Waals surface area contributed by atoms with Crippen molar-refractivity contribution >= 4 is 23.2 Å². The molecule has 3 aromatic rings. The Balaban J connectivity index is 2.34. The highest BCUT2D eigenvalue weighted by Crippen LogP contribution is 2.25.